The fourth-order valence-corrected chi connectivity index (χ4v) is 2.45. The molecule has 0 bridgehead atoms. The van der Waals surface area contributed by atoms with Gasteiger partial charge in [0.05, 0.1) is 5.39 Å². The normalized spacial score (nSPS) is 10.7. The summed E-state index contributed by atoms with van der Waals surface area (Å²) in [5, 5.41) is 3.53. The monoisotopic (exact) mass is 286 g/mol. The van der Waals surface area contributed by atoms with Crippen molar-refractivity contribution in [2.24, 2.45) is 0 Å². The third kappa shape index (κ3) is 2.33. The first-order chi connectivity index (χ1) is 9.63. The lowest BCUT2D eigenvalue weighted by Crippen LogP contribution is -2.14. The summed E-state index contributed by atoms with van der Waals surface area (Å²) in [5.74, 6) is -0.510. The quantitative estimate of drug-likeness (QED) is 0.786. The number of carbonyl (C=O) groups excluding carboxylic acids is 1. The van der Waals surface area contributed by atoms with Crippen molar-refractivity contribution in [2.45, 2.75) is 6.92 Å². The van der Waals surface area contributed by atoms with Gasteiger partial charge in [-0.2, -0.15) is 0 Å². The van der Waals surface area contributed by atoms with Gasteiger partial charge >= 0.3 is 0 Å². The summed E-state index contributed by atoms with van der Waals surface area (Å²) in [6, 6.07) is 8.00. The lowest BCUT2D eigenvalue weighted by atomic mass is 10.2. The standard InChI is InChI=1S/C14H10N2O3S/c1-8-7-15-14(20-8)16-13(18)12-6-10(17)9-4-2-3-5-11(9)19-12/h2-7H,1H3,(H,15,16,18). The first kappa shape index (κ1) is 12.6. The minimum Gasteiger partial charge on any atom is -0.451 e. The van der Waals surface area contributed by atoms with Gasteiger partial charge in [-0.15, -0.1) is 11.3 Å². The highest BCUT2D eigenvalue weighted by molar-refractivity contribution is 7.15. The van der Waals surface area contributed by atoms with Crippen LogP contribution in [0.25, 0.3) is 11.0 Å². The zero-order valence-corrected chi connectivity index (χ0v) is 11.4. The second-order valence-electron chi connectivity index (χ2n) is 4.20. The number of aromatic nitrogens is 1. The second-order valence-corrected chi connectivity index (χ2v) is 5.44. The molecule has 0 unspecified atom stereocenters. The van der Waals surface area contributed by atoms with Gasteiger partial charge in [-0.1, -0.05) is 12.1 Å². The largest absolute Gasteiger partial charge is 0.451 e. The summed E-state index contributed by atoms with van der Waals surface area (Å²) in [4.78, 5) is 29.0. The van der Waals surface area contributed by atoms with E-state index in [0.717, 1.165) is 4.88 Å². The number of para-hydroxylation sites is 1. The molecule has 0 aliphatic heterocycles. The summed E-state index contributed by atoms with van der Waals surface area (Å²) >= 11 is 1.36. The number of thiazole rings is 1. The second kappa shape index (κ2) is 4.90. The molecule has 0 fully saturated rings. The average Bonchev–Trinajstić information content (AvgIpc) is 2.84. The number of hydrogen-bond donors (Lipinski definition) is 1. The fourth-order valence-electron chi connectivity index (χ4n) is 1.79. The van der Waals surface area contributed by atoms with Gasteiger partial charge in [0.25, 0.3) is 5.91 Å². The molecule has 0 atom stereocenters. The van der Waals surface area contributed by atoms with E-state index < -0.39 is 5.91 Å². The molecule has 0 spiro atoms. The van der Waals surface area contributed by atoms with Crippen molar-refractivity contribution in [1.29, 1.82) is 0 Å². The topological polar surface area (TPSA) is 72.2 Å². The van der Waals surface area contributed by atoms with Gasteiger partial charge in [0.1, 0.15) is 5.58 Å². The van der Waals surface area contributed by atoms with Crippen molar-refractivity contribution < 1.29 is 9.21 Å². The van der Waals surface area contributed by atoms with Crippen LogP contribution in [-0.4, -0.2) is 10.9 Å². The zero-order valence-electron chi connectivity index (χ0n) is 10.5. The number of rotatable bonds is 2. The molecule has 2 aromatic heterocycles. The molecule has 6 heteroatoms. The van der Waals surface area contributed by atoms with Gasteiger partial charge < -0.3 is 4.42 Å². The van der Waals surface area contributed by atoms with E-state index in [4.69, 9.17) is 4.42 Å². The molecule has 2 heterocycles. The maximum Gasteiger partial charge on any atom is 0.293 e. The van der Waals surface area contributed by atoms with E-state index in [1.54, 1.807) is 30.5 Å². The van der Waals surface area contributed by atoms with Gasteiger partial charge in [0.2, 0.25) is 0 Å². The van der Waals surface area contributed by atoms with Crippen molar-refractivity contribution in [1.82, 2.24) is 4.98 Å². The molecule has 1 N–H and O–H groups in total. The Balaban J connectivity index is 1.97. The molecule has 0 aliphatic carbocycles. The Hall–Kier alpha value is -2.47. The Morgan fingerprint density at radius 2 is 2.15 bits per heavy atom. The van der Waals surface area contributed by atoms with Crippen LogP contribution in [0.15, 0.2) is 45.7 Å². The molecule has 3 rings (SSSR count). The van der Waals surface area contributed by atoms with Gasteiger partial charge in [0, 0.05) is 17.1 Å². The van der Waals surface area contributed by atoms with Gasteiger partial charge in [-0.05, 0) is 19.1 Å². The van der Waals surface area contributed by atoms with E-state index in [1.165, 1.54) is 17.4 Å². The maximum atomic E-state index is 12.0. The smallest absolute Gasteiger partial charge is 0.293 e. The SMILES string of the molecule is Cc1cnc(NC(=O)c2cc(=O)c3ccccc3o2)s1. The molecule has 100 valence electrons. The minimum atomic E-state index is -0.484. The third-order valence-electron chi connectivity index (χ3n) is 2.70. The van der Waals surface area contributed by atoms with Crippen LogP contribution in [0.4, 0.5) is 5.13 Å². The number of nitrogens with zero attached hydrogens (tertiary/aromatic N) is 1. The average molecular weight is 286 g/mol. The third-order valence-corrected chi connectivity index (χ3v) is 3.53. The van der Waals surface area contributed by atoms with Crippen molar-refractivity contribution >= 4 is 33.3 Å². The Bertz CT molecular complexity index is 851. The number of benzene rings is 1. The predicted octanol–water partition coefficient (Wildman–Crippen LogP) is 2.81. The number of fused-ring (bicyclic) bond motifs is 1. The Kier molecular flexibility index (Phi) is 3.08. The highest BCUT2D eigenvalue weighted by atomic mass is 32.1. The van der Waals surface area contributed by atoms with Crippen molar-refractivity contribution in [3.8, 4) is 0 Å². The maximum absolute atomic E-state index is 12.0. The molecule has 20 heavy (non-hydrogen) atoms. The van der Waals surface area contributed by atoms with Gasteiger partial charge in [-0.3, -0.25) is 14.9 Å². The van der Waals surface area contributed by atoms with Crippen LogP contribution in [0.2, 0.25) is 0 Å². The van der Waals surface area contributed by atoms with E-state index >= 15 is 0 Å². The number of carbonyl (C=O) groups is 1. The van der Waals surface area contributed by atoms with E-state index in [0.29, 0.717) is 16.1 Å². The van der Waals surface area contributed by atoms with Crippen LogP contribution in [0.5, 0.6) is 0 Å². The molecule has 3 aromatic rings. The van der Waals surface area contributed by atoms with Crippen molar-refractivity contribution in [3.63, 3.8) is 0 Å². The van der Waals surface area contributed by atoms with Crippen LogP contribution < -0.4 is 10.7 Å². The molecule has 0 saturated carbocycles. The highest BCUT2D eigenvalue weighted by Crippen LogP contribution is 2.18. The zero-order chi connectivity index (χ0) is 14.1. The summed E-state index contributed by atoms with van der Waals surface area (Å²) in [6.45, 7) is 1.89. The van der Waals surface area contributed by atoms with Crippen LogP contribution in [0.3, 0.4) is 0 Å². The number of hydrogen-bond acceptors (Lipinski definition) is 5. The predicted molar refractivity (Wildman–Crippen MR) is 77.3 cm³/mol. The molecule has 0 saturated heterocycles. The first-order valence-corrected chi connectivity index (χ1v) is 6.72. The van der Waals surface area contributed by atoms with Crippen LogP contribution in [0, 0.1) is 6.92 Å². The molecule has 1 amide bonds. The van der Waals surface area contributed by atoms with Gasteiger partial charge in [0.15, 0.2) is 16.3 Å². The first-order valence-electron chi connectivity index (χ1n) is 5.90. The van der Waals surface area contributed by atoms with E-state index in [1.807, 2.05) is 6.92 Å². The van der Waals surface area contributed by atoms with Crippen LogP contribution >= 0.6 is 11.3 Å². The van der Waals surface area contributed by atoms with Gasteiger partial charge in [-0.25, -0.2) is 4.98 Å². The molecular formula is C14H10N2O3S. The Morgan fingerprint density at radius 1 is 1.35 bits per heavy atom. The summed E-state index contributed by atoms with van der Waals surface area (Å²) in [5.41, 5.74) is 0.146. The molecular weight excluding hydrogens is 276 g/mol. The van der Waals surface area contributed by atoms with E-state index in [9.17, 15) is 9.59 Å². The Labute approximate surface area is 117 Å². The fraction of sp³-hybridized carbons (Fsp3) is 0.0714. The minimum absolute atomic E-state index is 0.0263. The molecule has 0 radical (unpaired) electrons. The van der Waals surface area contributed by atoms with E-state index in [-0.39, 0.29) is 11.2 Å². The van der Waals surface area contributed by atoms with Crippen molar-refractivity contribution in [2.75, 3.05) is 5.32 Å². The van der Waals surface area contributed by atoms with Crippen LogP contribution in [-0.2, 0) is 0 Å². The number of aryl methyl sites for hydroxylation is 1. The summed E-state index contributed by atoms with van der Waals surface area (Å²) in [7, 11) is 0. The molecule has 5 nitrogen and oxygen atoms in total. The van der Waals surface area contributed by atoms with Crippen LogP contribution in [0.1, 0.15) is 15.4 Å². The summed E-state index contributed by atoms with van der Waals surface area (Å²) in [6.07, 6.45) is 1.66. The Morgan fingerprint density at radius 3 is 2.90 bits per heavy atom. The lowest BCUT2D eigenvalue weighted by molar-refractivity contribution is 0.0997. The lowest BCUT2D eigenvalue weighted by Gasteiger charge is -2.02. The number of anilines is 1. The summed E-state index contributed by atoms with van der Waals surface area (Å²) < 4.78 is 5.45. The number of nitrogens with one attached hydrogen (secondary N) is 1. The number of amides is 1. The van der Waals surface area contributed by atoms with Crippen molar-refractivity contribution in [3.05, 3.63) is 57.4 Å². The molecule has 0 aliphatic rings. The highest BCUT2D eigenvalue weighted by Gasteiger charge is 2.13. The van der Waals surface area contributed by atoms with E-state index in [2.05, 4.69) is 10.3 Å². The molecule has 1 aromatic carbocycles.